The highest BCUT2D eigenvalue weighted by atomic mass is 32.2. The van der Waals surface area contributed by atoms with Gasteiger partial charge in [-0.15, -0.1) is 0 Å². The summed E-state index contributed by atoms with van der Waals surface area (Å²) in [6.45, 7) is -0.665. The molecule has 34 heavy (non-hydrogen) atoms. The molecule has 8 nitrogen and oxygen atoms in total. The number of aliphatic hydroxyl groups is 3. The van der Waals surface area contributed by atoms with Crippen molar-refractivity contribution in [3.05, 3.63) is 59.2 Å². The second-order valence-corrected chi connectivity index (χ2v) is 9.84. The summed E-state index contributed by atoms with van der Waals surface area (Å²) in [6, 6.07) is 8.50. The zero-order valence-corrected chi connectivity index (χ0v) is 19.4. The van der Waals surface area contributed by atoms with E-state index in [0.717, 1.165) is 17.4 Å². The number of benzene rings is 2. The topological polar surface area (TPSA) is 123 Å². The van der Waals surface area contributed by atoms with Gasteiger partial charge in [0.2, 0.25) is 0 Å². The van der Waals surface area contributed by atoms with E-state index in [1.165, 1.54) is 30.3 Å². The third-order valence-electron chi connectivity index (χ3n) is 5.50. The molecule has 2 aromatic rings. The third-order valence-corrected chi connectivity index (χ3v) is 6.06. The Morgan fingerprint density at radius 3 is 1.85 bits per heavy atom. The van der Waals surface area contributed by atoms with Crippen LogP contribution >= 0.6 is 0 Å². The largest absolute Gasteiger partial charge is 0.487 e. The second kappa shape index (κ2) is 11.4. The van der Waals surface area contributed by atoms with Crippen molar-refractivity contribution in [1.82, 2.24) is 0 Å². The minimum atomic E-state index is -3.59. The van der Waals surface area contributed by atoms with Crippen LogP contribution in [-0.2, 0) is 27.1 Å². The SMILES string of the molecule is CS(=O)(=O)OCC(O)C1CCc2cc(F)ccc2O1.OCC(O)C1CCc2cc(F)ccc2O1. The highest BCUT2D eigenvalue weighted by molar-refractivity contribution is 7.85. The van der Waals surface area contributed by atoms with Crippen molar-refractivity contribution >= 4 is 10.1 Å². The number of hydrogen-bond donors (Lipinski definition) is 3. The van der Waals surface area contributed by atoms with Crippen LogP contribution in [0.5, 0.6) is 11.5 Å². The van der Waals surface area contributed by atoms with Crippen molar-refractivity contribution in [1.29, 1.82) is 0 Å². The van der Waals surface area contributed by atoms with E-state index in [9.17, 15) is 27.4 Å². The average Bonchev–Trinajstić information content (AvgIpc) is 2.81. The van der Waals surface area contributed by atoms with Gasteiger partial charge in [0.15, 0.2) is 0 Å². The first-order chi connectivity index (χ1) is 16.1. The Kier molecular flexibility index (Phi) is 8.83. The highest BCUT2D eigenvalue weighted by Gasteiger charge is 2.28. The molecular weight excluding hydrogens is 474 g/mol. The van der Waals surface area contributed by atoms with Crippen LogP contribution in [0.2, 0.25) is 0 Å². The summed E-state index contributed by atoms with van der Waals surface area (Å²) in [5, 5.41) is 28.0. The van der Waals surface area contributed by atoms with Crippen LogP contribution in [0.4, 0.5) is 8.78 Å². The molecule has 0 bridgehead atoms. The van der Waals surface area contributed by atoms with Crippen LogP contribution in [0.25, 0.3) is 0 Å². The Hall–Kier alpha value is -2.31. The predicted octanol–water partition coefficient (Wildman–Crippen LogP) is 1.73. The lowest BCUT2D eigenvalue weighted by molar-refractivity contribution is -0.00965. The first kappa shape index (κ1) is 26.3. The second-order valence-electron chi connectivity index (χ2n) is 8.20. The fraction of sp³-hybridized carbons (Fsp3) is 0.478. The molecule has 0 aromatic heterocycles. The van der Waals surface area contributed by atoms with Gasteiger partial charge in [-0.1, -0.05) is 0 Å². The van der Waals surface area contributed by atoms with Crippen molar-refractivity contribution in [3.63, 3.8) is 0 Å². The standard InChI is InChI=1S/C12H15FO5S.C11H13FO3/c1-19(15,16)17-7-10(14)12-4-2-8-6-9(13)3-5-11(8)18-12;12-8-2-4-10-7(5-8)1-3-11(15-10)9(14)6-13/h3,5-6,10,12,14H,2,4,7H2,1H3;2,4-5,9,11,13-14H,1,3,6H2. The minimum Gasteiger partial charge on any atom is -0.487 e. The summed E-state index contributed by atoms with van der Waals surface area (Å²) in [5.74, 6) is 0.497. The Labute approximate surface area is 196 Å². The van der Waals surface area contributed by atoms with Gasteiger partial charge in [0, 0.05) is 0 Å². The number of aryl methyl sites for hydroxylation is 2. The zero-order valence-electron chi connectivity index (χ0n) is 18.6. The molecule has 4 atom stereocenters. The number of halogens is 2. The Morgan fingerprint density at radius 2 is 1.41 bits per heavy atom. The predicted molar refractivity (Wildman–Crippen MR) is 118 cm³/mol. The van der Waals surface area contributed by atoms with Crippen LogP contribution in [0.15, 0.2) is 36.4 Å². The molecule has 0 radical (unpaired) electrons. The number of aliphatic hydroxyl groups excluding tert-OH is 3. The maximum Gasteiger partial charge on any atom is 0.264 e. The van der Waals surface area contributed by atoms with E-state index in [1.54, 1.807) is 6.07 Å². The zero-order chi connectivity index (χ0) is 24.9. The summed E-state index contributed by atoms with van der Waals surface area (Å²) in [6.07, 6.45) is 0.342. The van der Waals surface area contributed by atoms with E-state index in [0.29, 0.717) is 37.2 Å². The van der Waals surface area contributed by atoms with Crippen molar-refractivity contribution in [2.24, 2.45) is 0 Å². The maximum absolute atomic E-state index is 13.0. The van der Waals surface area contributed by atoms with Crippen molar-refractivity contribution in [2.45, 2.75) is 50.1 Å². The van der Waals surface area contributed by atoms with Crippen molar-refractivity contribution in [3.8, 4) is 11.5 Å². The first-order valence-electron chi connectivity index (χ1n) is 10.8. The number of fused-ring (bicyclic) bond motifs is 2. The van der Waals surface area contributed by atoms with Crippen LogP contribution in [-0.4, -0.2) is 67.6 Å². The number of rotatable bonds is 6. The quantitative estimate of drug-likeness (QED) is 0.511. The van der Waals surface area contributed by atoms with Gasteiger partial charge < -0.3 is 24.8 Å². The Morgan fingerprint density at radius 1 is 0.941 bits per heavy atom. The smallest absolute Gasteiger partial charge is 0.264 e. The highest BCUT2D eigenvalue weighted by Crippen LogP contribution is 2.30. The molecule has 2 aliphatic heterocycles. The van der Waals surface area contributed by atoms with Gasteiger partial charge in [0.05, 0.1) is 19.5 Å². The van der Waals surface area contributed by atoms with Crippen molar-refractivity contribution in [2.75, 3.05) is 19.5 Å². The van der Waals surface area contributed by atoms with Gasteiger partial charge in [-0.05, 0) is 73.2 Å². The molecule has 2 aliphatic rings. The molecule has 4 rings (SSSR count). The van der Waals surface area contributed by atoms with Gasteiger partial charge in [-0.3, -0.25) is 4.18 Å². The minimum absolute atomic E-state index is 0.279. The lowest BCUT2D eigenvalue weighted by atomic mass is 9.99. The fourth-order valence-corrected chi connectivity index (χ4v) is 4.10. The van der Waals surface area contributed by atoms with Gasteiger partial charge in [0.25, 0.3) is 10.1 Å². The number of hydrogen-bond acceptors (Lipinski definition) is 8. The molecule has 4 unspecified atom stereocenters. The Bertz CT molecular complexity index is 1080. The maximum atomic E-state index is 13.0. The molecule has 0 aliphatic carbocycles. The molecule has 0 fully saturated rings. The van der Waals surface area contributed by atoms with E-state index in [4.69, 9.17) is 14.6 Å². The normalized spacial score (nSPS) is 21.0. The molecule has 0 saturated heterocycles. The van der Waals surface area contributed by atoms with Gasteiger partial charge in [-0.2, -0.15) is 8.42 Å². The van der Waals surface area contributed by atoms with E-state index >= 15 is 0 Å². The van der Waals surface area contributed by atoms with E-state index in [1.807, 2.05) is 0 Å². The monoisotopic (exact) mass is 502 g/mol. The molecule has 0 amide bonds. The molecule has 188 valence electrons. The van der Waals surface area contributed by atoms with E-state index < -0.39 is 34.5 Å². The summed E-state index contributed by atoms with van der Waals surface area (Å²) in [4.78, 5) is 0. The van der Waals surface area contributed by atoms with Crippen LogP contribution in [0.1, 0.15) is 24.0 Å². The fourth-order valence-electron chi connectivity index (χ4n) is 3.72. The summed E-state index contributed by atoms with van der Waals surface area (Å²) >= 11 is 0. The van der Waals surface area contributed by atoms with Crippen molar-refractivity contribution < 1.29 is 46.2 Å². The molecule has 11 heteroatoms. The molecule has 3 N–H and O–H groups in total. The lowest BCUT2D eigenvalue weighted by Crippen LogP contribution is -2.38. The molecule has 0 saturated carbocycles. The third kappa shape index (κ3) is 7.34. The first-order valence-corrected chi connectivity index (χ1v) is 12.6. The molecule has 2 aromatic carbocycles. The van der Waals surface area contributed by atoms with E-state index in [2.05, 4.69) is 4.18 Å². The molecular formula is C23H28F2O8S. The van der Waals surface area contributed by atoms with Crippen LogP contribution in [0.3, 0.4) is 0 Å². The summed E-state index contributed by atoms with van der Waals surface area (Å²) in [7, 11) is -3.59. The number of ether oxygens (including phenoxy) is 2. The van der Waals surface area contributed by atoms with Crippen LogP contribution < -0.4 is 9.47 Å². The van der Waals surface area contributed by atoms with Crippen LogP contribution in [0, 0.1) is 11.6 Å². The average molecular weight is 503 g/mol. The van der Waals surface area contributed by atoms with E-state index in [-0.39, 0.29) is 24.8 Å². The summed E-state index contributed by atoms with van der Waals surface area (Å²) in [5.41, 5.74) is 1.56. The molecule has 2 heterocycles. The Balaban J connectivity index is 0.000000196. The lowest BCUT2D eigenvalue weighted by Gasteiger charge is -2.29. The summed E-state index contributed by atoms with van der Waals surface area (Å²) < 4.78 is 63.1. The van der Waals surface area contributed by atoms with Gasteiger partial charge >= 0.3 is 0 Å². The molecule has 0 spiro atoms. The van der Waals surface area contributed by atoms with Gasteiger partial charge in [-0.25, -0.2) is 8.78 Å². The van der Waals surface area contributed by atoms with Gasteiger partial charge in [0.1, 0.15) is 47.5 Å².